The van der Waals surface area contributed by atoms with Gasteiger partial charge in [0, 0.05) is 66.0 Å². The molecule has 664 valence electrons. The normalized spacial score (nSPS) is 17.2. The van der Waals surface area contributed by atoms with Crippen molar-refractivity contribution in [2.45, 2.75) is 274 Å². The fraction of sp³-hybridized carbons (Fsp3) is 0.356. The van der Waals surface area contributed by atoms with E-state index in [0.29, 0.717) is 10.7 Å². The highest BCUT2D eigenvalue weighted by molar-refractivity contribution is 14.4. The molecule has 14 aromatic rings. The number of hydrogen-bond acceptors (Lipinski definition) is 6. The Kier molecular flexibility index (Phi) is 20.2. The second-order valence-electron chi connectivity index (χ2n) is 44.9. The zero-order valence-electron chi connectivity index (χ0n) is 96.7. The van der Waals surface area contributed by atoms with Crippen molar-refractivity contribution in [2.75, 3.05) is 19.6 Å². The lowest BCUT2D eigenvalue weighted by Crippen LogP contribution is -2.61. The Balaban J connectivity index is 0.000000200. The van der Waals surface area contributed by atoms with Gasteiger partial charge >= 0.3 is 0.282 Å². The molecule has 0 radical (unpaired) electrons. The molecule has 0 fully saturated rings. The van der Waals surface area contributed by atoms with E-state index in [1.165, 1.54) is 44.5 Å². The number of aryl methyl sites for hydroxylation is 2. The molecule has 4 heterocycles. The van der Waals surface area contributed by atoms with Crippen LogP contribution >= 0.6 is 89.8 Å². The van der Waals surface area contributed by atoms with Crippen LogP contribution in [0.1, 0.15) is 294 Å². The number of nitrogens with zero attached hydrogens (tertiary/aromatic N) is 4. The molecular weight excluding hydrogens is 1940 g/mol. The van der Waals surface area contributed by atoms with Gasteiger partial charge in [-0.25, -0.2) is 0 Å². The largest absolute Gasteiger partial charge is 0.355 e. The van der Waals surface area contributed by atoms with Crippen LogP contribution in [-0.4, -0.2) is 6.99 Å². The van der Waals surface area contributed by atoms with Crippen LogP contribution in [-0.2, 0) is 54.1 Å². The fourth-order valence-corrected chi connectivity index (χ4v) is 21.4. The highest BCUT2D eigenvalue weighted by Gasteiger charge is 2.48. The standard InChI is InChI=1S/C59H65BN2S.C59H68N2S.BI3/c1-36-30-49-53-50(31-36)62(47-26-22-39(56(5,6)7)32-42(47)37-18-16-15-17-19-37)54-52(43-34-44-45(35-51(43)63-54)59(13,14)29-28-58(44,11)12)60(53)46-33-40(57(8,9)10)23-27-48(46)61(49)41-24-20-38(21-25-41)55(2,3)4;1-39-32-47(60(45-25-20-42(21-26-45)55(2,3)4)46-27-22-43(23-28-46)56(5,6)7)37-48(33-39)61(52-29-24-44(57(8,9)10)36-49(52)40-18-16-15-17-19-40)54-35-41-34-50-51(38-53(41)62-54)59(13,14)31-30-58(50,11)12;2-1(3)4/h15-27,30-35H,28-29H2,1-14H3;15-29,32-38H,30-31H2,1-14H3;/i15D,16D,17D,18D,19D,22D,26D,32D;15D,16D,17D,18D,19D,24D,29D,36D;. The molecule has 129 heavy (non-hydrogen) atoms. The zero-order valence-corrected chi connectivity index (χ0v) is 88.8. The fourth-order valence-electron chi connectivity index (χ4n) is 19.0. The van der Waals surface area contributed by atoms with Gasteiger partial charge in [0.1, 0.15) is 5.00 Å². The molecule has 2 aromatic heterocycles. The Hall–Kier alpha value is -7.92. The Morgan fingerprint density at radius 3 is 1.26 bits per heavy atom. The van der Waals surface area contributed by atoms with Crippen LogP contribution in [0.15, 0.2) is 248 Å². The number of anilines is 12. The maximum Gasteiger partial charge on any atom is 0.355 e. The van der Waals surface area contributed by atoms with Gasteiger partial charge in [-0.15, -0.1) is 89.8 Å². The van der Waals surface area contributed by atoms with Crippen molar-refractivity contribution in [1.29, 1.82) is 0 Å². The minimum Gasteiger partial charge on any atom is -0.311 e. The van der Waals surface area contributed by atoms with Crippen molar-refractivity contribution < 1.29 is 21.9 Å². The van der Waals surface area contributed by atoms with E-state index in [1.54, 1.807) is 22.7 Å². The highest BCUT2D eigenvalue weighted by atomic mass is 127. The van der Waals surface area contributed by atoms with E-state index >= 15 is 0 Å². The third kappa shape index (κ3) is 18.7. The number of rotatable bonds is 10. The third-order valence-electron chi connectivity index (χ3n) is 26.9. The summed E-state index contributed by atoms with van der Waals surface area (Å²) in [5.74, 6) is 0. The minimum absolute atomic E-state index is 0.0115. The first-order valence-electron chi connectivity index (χ1n) is 53.4. The molecule has 0 saturated heterocycles. The quantitative estimate of drug-likeness (QED) is 0.0999. The van der Waals surface area contributed by atoms with Gasteiger partial charge in [0.05, 0.1) is 38.3 Å². The molecule has 4 aliphatic rings. The molecule has 2 aliphatic carbocycles. The summed E-state index contributed by atoms with van der Waals surface area (Å²) in [5, 5.41) is 3.65. The highest BCUT2D eigenvalue weighted by Crippen LogP contribution is 2.57. The molecule has 0 saturated carbocycles. The first kappa shape index (κ1) is 75.5. The van der Waals surface area contributed by atoms with Crippen LogP contribution in [0.3, 0.4) is 0 Å². The van der Waals surface area contributed by atoms with Crippen molar-refractivity contribution in [1.82, 2.24) is 0 Å². The SMILES string of the molecule is IB(I)I.[2H]c1c([2H])c([2H])c(-c2c([2H])c(C(C)(C)C)c([2H])c([2H])c2N(c2cc(C)cc(N(c3ccc(C(C)(C)C)cc3)c3ccc(C(C)(C)C)cc3)c2)c2cc3cc4c(cc3s2)C(C)(C)CCC4(C)C)c([2H])c1[2H].[2H]c1c([2H])c([2H])c(-c2c([2H])c(C(C)(C)C)c([2H])c([2H])c2N2c3cc(C)cc4c3B(c3cc(C(C)(C)C)ccc3N4c3ccc(C(C)(C)C)cc3)c3c2sc2cc4c(cc32)C(C)(C)CCC4(C)C)c([2H])c1[2H]. The first-order chi connectivity index (χ1) is 66.9. The van der Waals surface area contributed by atoms with Crippen molar-refractivity contribution >= 4 is 200 Å². The number of fused-ring (bicyclic) bond motifs is 9. The summed E-state index contributed by atoms with van der Waals surface area (Å²) in [4.78, 5) is 8.57. The number of hydrogen-bond donors (Lipinski definition) is 0. The van der Waals surface area contributed by atoms with E-state index in [0.717, 1.165) is 118 Å². The van der Waals surface area contributed by atoms with Gasteiger partial charge < -0.3 is 19.6 Å². The second-order valence-corrected chi connectivity index (χ2v) is 57.9. The van der Waals surface area contributed by atoms with Crippen molar-refractivity contribution in [2.24, 2.45) is 0 Å². The molecule has 0 amide bonds. The minimum atomic E-state index is -0.812. The van der Waals surface area contributed by atoms with Gasteiger partial charge in [-0.05, 0) is 326 Å². The van der Waals surface area contributed by atoms with Crippen LogP contribution in [0.4, 0.5) is 66.9 Å². The van der Waals surface area contributed by atoms with Gasteiger partial charge in [0.2, 0.25) is 0 Å². The molecular formula is C118H133B2I3N4S2. The lowest BCUT2D eigenvalue weighted by Gasteiger charge is -2.44. The second kappa shape index (κ2) is 34.5. The smallest absolute Gasteiger partial charge is 0.311 e. The van der Waals surface area contributed by atoms with Gasteiger partial charge in [-0.3, -0.25) is 0 Å². The Morgan fingerprint density at radius 2 is 0.775 bits per heavy atom. The van der Waals surface area contributed by atoms with E-state index in [-0.39, 0.29) is 131 Å². The number of halogens is 3. The van der Waals surface area contributed by atoms with Crippen molar-refractivity contribution in [3.05, 3.63) is 315 Å². The molecule has 12 aromatic carbocycles. The van der Waals surface area contributed by atoms with E-state index in [9.17, 15) is 13.7 Å². The molecule has 4 nitrogen and oxygen atoms in total. The van der Waals surface area contributed by atoms with Crippen molar-refractivity contribution in [3.63, 3.8) is 0 Å². The molecule has 2 aliphatic heterocycles. The topological polar surface area (TPSA) is 13.0 Å². The predicted octanol–water partition coefficient (Wildman–Crippen LogP) is 35.5. The average Bonchev–Trinajstić information content (AvgIpc) is 1.60. The summed E-state index contributed by atoms with van der Waals surface area (Å²) in [6.45, 7) is 60.4. The van der Waals surface area contributed by atoms with Gasteiger partial charge in [-0.2, -0.15) is 0 Å². The van der Waals surface area contributed by atoms with Crippen LogP contribution in [0.5, 0.6) is 0 Å². The Morgan fingerprint density at radius 1 is 0.364 bits per heavy atom. The summed E-state index contributed by atoms with van der Waals surface area (Å²) < 4.78 is 153. The van der Waals surface area contributed by atoms with E-state index < -0.39 is 71.3 Å². The van der Waals surface area contributed by atoms with Crippen LogP contribution in [0.25, 0.3) is 42.4 Å². The van der Waals surface area contributed by atoms with Crippen LogP contribution in [0, 0.1) is 13.8 Å². The zero-order chi connectivity index (χ0) is 107. The van der Waals surface area contributed by atoms with E-state index in [2.05, 4.69) is 373 Å². The predicted molar refractivity (Wildman–Crippen MR) is 598 cm³/mol. The lowest BCUT2D eigenvalue weighted by molar-refractivity contribution is 0.332. The Labute approximate surface area is 845 Å². The van der Waals surface area contributed by atoms with Crippen LogP contribution < -0.4 is 36.0 Å². The molecule has 0 bridgehead atoms. The monoisotopic (exact) mass is 2090 g/mol. The molecule has 0 N–H and O–H groups in total. The molecule has 0 spiro atoms. The maximum absolute atomic E-state index is 10.3. The summed E-state index contributed by atoms with van der Waals surface area (Å²) in [6.07, 6.45) is 4.18. The first-order valence-corrected chi connectivity index (χ1v) is 50.8. The molecule has 18 rings (SSSR count). The van der Waals surface area contributed by atoms with E-state index in [1.807, 2.05) is 59.4 Å². The molecule has 0 unspecified atom stereocenters. The van der Waals surface area contributed by atoms with Gasteiger partial charge in [0.15, 0.2) is 0 Å². The molecule has 11 heteroatoms. The molecule has 0 atom stereocenters. The number of thiophene rings is 2. The third-order valence-corrected chi connectivity index (χ3v) is 29.2. The van der Waals surface area contributed by atoms with E-state index in [4.69, 9.17) is 8.22 Å². The van der Waals surface area contributed by atoms with Crippen molar-refractivity contribution in [3.8, 4) is 22.3 Å². The summed E-state index contributed by atoms with van der Waals surface area (Å²) >= 11 is 10.1. The van der Waals surface area contributed by atoms with Gasteiger partial charge in [-0.1, -0.05) is 301 Å². The Bertz CT molecular complexity index is 7440. The maximum atomic E-state index is 10.3. The summed E-state index contributed by atoms with van der Waals surface area (Å²) in [6, 6.07) is 49.3. The van der Waals surface area contributed by atoms with Crippen LogP contribution in [0.2, 0.25) is 0 Å². The number of benzene rings is 12. The van der Waals surface area contributed by atoms with Gasteiger partial charge in [0.25, 0.3) is 6.71 Å². The average molecular weight is 2090 g/mol. The summed E-state index contributed by atoms with van der Waals surface area (Å²) in [5.41, 5.74) is 20.5. The summed E-state index contributed by atoms with van der Waals surface area (Å²) in [7, 11) is 0. The lowest BCUT2D eigenvalue weighted by atomic mass is 9.33.